The Hall–Kier alpha value is -2.90. The van der Waals surface area contributed by atoms with Crippen molar-refractivity contribution in [2.45, 2.75) is 6.61 Å². The predicted octanol–water partition coefficient (Wildman–Crippen LogP) is 3.13. The predicted molar refractivity (Wildman–Crippen MR) is 101 cm³/mol. The van der Waals surface area contributed by atoms with E-state index in [2.05, 4.69) is 4.98 Å². The molecule has 1 aromatic heterocycles. The van der Waals surface area contributed by atoms with Crippen LogP contribution < -0.4 is 15.2 Å². The number of ketones is 1. The Kier molecular flexibility index (Phi) is 5.20. The van der Waals surface area contributed by atoms with Gasteiger partial charge in [0.2, 0.25) is 0 Å². The molecule has 1 heterocycles. The fourth-order valence-corrected chi connectivity index (χ4v) is 3.33. The number of nitrogen functional groups attached to an aromatic ring is 1. The van der Waals surface area contributed by atoms with Crippen LogP contribution in [0.1, 0.15) is 21.5 Å². The van der Waals surface area contributed by atoms with Crippen LogP contribution in [0, 0.1) is 0 Å². The van der Waals surface area contributed by atoms with Gasteiger partial charge < -0.3 is 20.3 Å². The molecule has 3 N–H and O–H groups in total. The molecule has 134 valence electrons. The number of carbonyl (C=O) groups excluding carboxylic acids is 1. The minimum absolute atomic E-state index is 0.267. The van der Waals surface area contributed by atoms with Gasteiger partial charge in [0.15, 0.2) is 17.3 Å². The number of methoxy groups -OCH3 is 2. The molecule has 0 fully saturated rings. The molecule has 0 bridgehead atoms. The number of thiazole rings is 1. The van der Waals surface area contributed by atoms with Crippen molar-refractivity contribution in [3.05, 3.63) is 58.6 Å². The molecule has 0 radical (unpaired) electrons. The van der Waals surface area contributed by atoms with E-state index in [4.69, 9.17) is 15.2 Å². The molecule has 26 heavy (non-hydrogen) atoms. The summed E-state index contributed by atoms with van der Waals surface area (Å²) >= 11 is 1.48. The summed E-state index contributed by atoms with van der Waals surface area (Å²) in [5.74, 6) is 0.504. The number of carbonyl (C=O) groups is 1. The van der Waals surface area contributed by atoms with E-state index in [-0.39, 0.29) is 12.4 Å². The largest absolute Gasteiger partial charge is 0.493 e. The molecule has 0 spiro atoms. The monoisotopic (exact) mass is 370 g/mol. The molecule has 3 aromatic rings. The van der Waals surface area contributed by atoms with Crippen molar-refractivity contribution in [2.75, 3.05) is 20.0 Å². The minimum Gasteiger partial charge on any atom is -0.493 e. The molecule has 0 unspecified atom stereocenters. The molecule has 2 aromatic carbocycles. The maximum absolute atomic E-state index is 13.0. The zero-order valence-corrected chi connectivity index (χ0v) is 15.2. The average Bonchev–Trinajstić information content (AvgIpc) is 3.21. The van der Waals surface area contributed by atoms with Crippen LogP contribution in [0.5, 0.6) is 11.5 Å². The van der Waals surface area contributed by atoms with Gasteiger partial charge in [-0.15, -0.1) is 11.3 Å². The van der Waals surface area contributed by atoms with Crippen LogP contribution in [-0.4, -0.2) is 30.1 Å². The quantitative estimate of drug-likeness (QED) is 0.511. The molecule has 0 saturated heterocycles. The van der Waals surface area contributed by atoms with Gasteiger partial charge in [-0.1, -0.05) is 0 Å². The second-order valence-corrected chi connectivity index (χ2v) is 6.39. The number of hydrogen-bond donors (Lipinski definition) is 2. The Morgan fingerprint density at radius 1 is 1.23 bits per heavy atom. The van der Waals surface area contributed by atoms with Crippen molar-refractivity contribution >= 4 is 22.8 Å². The van der Waals surface area contributed by atoms with Crippen molar-refractivity contribution in [1.82, 2.24) is 4.98 Å². The number of benzene rings is 2. The Morgan fingerprint density at radius 3 is 2.65 bits per heavy atom. The van der Waals surface area contributed by atoms with E-state index in [1.807, 2.05) is 11.4 Å². The summed E-state index contributed by atoms with van der Waals surface area (Å²) in [7, 11) is 2.96. The second-order valence-electron chi connectivity index (χ2n) is 5.50. The number of aliphatic hydroxyl groups is 1. The lowest BCUT2D eigenvalue weighted by molar-refractivity contribution is 0.103. The van der Waals surface area contributed by atoms with Crippen molar-refractivity contribution in [3.8, 4) is 22.1 Å². The van der Waals surface area contributed by atoms with Gasteiger partial charge in [0.1, 0.15) is 5.01 Å². The Bertz CT molecular complexity index is 914. The number of nitrogens with zero attached hydrogens (tertiary/aromatic N) is 1. The summed E-state index contributed by atoms with van der Waals surface area (Å²) in [5.41, 5.74) is 8.41. The van der Waals surface area contributed by atoms with Crippen LogP contribution in [-0.2, 0) is 6.61 Å². The maximum Gasteiger partial charge on any atom is 0.195 e. The number of anilines is 1. The van der Waals surface area contributed by atoms with Crippen LogP contribution >= 0.6 is 11.3 Å². The van der Waals surface area contributed by atoms with Crippen LogP contribution in [0.15, 0.2) is 41.9 Å². The second kappa shape index (κ2) is 7.55. The Morgan fingerprint density at radius 2 is 2.04 bits per heavy atom. The fourth-order valence-electron chi connectivity index (χ4n) is 2.70. The van der Waals surface area contributed by atoms with E-state index in [0.29, 0.717) is 33.9 Å². The lowest BCUT2D eigenvalue weighted by Crippen LogP contribution is -2.08. The summed E-state index contributed by atoms with van der Waals surface area (Å²) in [4.78, 5) is 17.3. The van der Waals surface area contributed by atoms with Gasteiger partial charge in [-0.3, -0.25) is 4.79 Å². The van der Waals surface area contributed by atoms with Crippen molar-refractivity contribution in [1.29, 1.82) is 0 Å². The maximum atomic E-state index is 13.0. The highest BCUT2D eigenvalue weighted by atomic mass is 32.1. The number of aromatic nitrogens is 1. The van der Waals surface area contributed by atoms with Gasteiger partial charge >= 0.3 is 0 Å². The molecule has 0 aliphatic heterocycles. The molecule has 0 atom stereocenters. The molecule has 0 aliphatic carbocycles. The lowest BCUT2D eigenvalue weighted by Gasteiger charge is -2.14. The van der Waals surface area contributed by atoms with Gasteiger partial charge in [-0.05, 0) is 30.3 Å². The van der Waals surface area contributed by atoms with E-state index in [1.54, 1.807) is 30.5 Å². The molecule has 3 rings (SSSR count). The highest BCUT2D eigenvalue weighted by Gasteiger charge is 2.19. The zero-order chi connectivity index (χ0) is 18.7. The van der Waals surface area contributed by atoms with Crippen LogP contribution in [0.25, 0.3) is 10.6 Å². The standard InChI is InChI=1S/C19H18N2O4S/c1-24-16-9-12(7-13(10-22)18(16)25-2)17(23)14-8-11(3-4-15(14)20)19-21-5-6-26-19/h3-9,22H,10,20H2,1-2H3. The third-order valence-electron chi connectivity index (χ3n) is 3.97. The van der Waals surface area contributed by atoms with E-state index in [1.165, 1.54) is 25.6 Å². The first-order chi connectivity index (χ1) is 12.6. The highest BCUT2D eigenvalue weighted by Crippen LogP contribution is 2.34. The van der Waals surface area contributed by atoms with E-state index >= 15 is 0 Å². The topological polar surface area (TPSA) is 94.7 Å². The number of aliphatic hydroxyl groups excluding tert-OH is 1. The van der Waals surface area contributed by atoms with Crippen molar-refractivity contribution < 1.29 is 19.4 Å². The van der Waals surface area contributed by atoms with Gasteiger partial charge in [-0.25, -0.2) is 4.98 Å². The average molecular weight is 370 g/mol. The number of rotatable bonds is 6. The van der Waals surface area contributed by atoms with Crippen molar-refractivity contribution in [2.24, 2.45) is 0 Å². The Labute approximate surface area is 154 Å². The minimum atomic E-state index is -0.282. The number of nitrogens with two attached hydrogens (primary N) is 1. The fraction of sp³-hybridized carbons (Fsp3) is 0.158. The number of hydrogen-bond acceptors (Lipinski definition) is 7. The molecule has 0 amide bonds. The molecule has 0 saturated carbocycles. The summed E-state index contributed by atoms with van der Waals surface area (Å²) in [5, 5.41) is 12.3. The Balaban J connectivity index is 2.08. The van der Waals surface area contributed by atoms with E-state index in [0.717, 1.165) is 10.6 Å². The number of ether oxygens (including phenoxy) is 2. The summed E-state index contributed by atoms with van der Waals surface area (Å²) < 4.78 is 10.6. The molecule has 7 heteroatoms. The molecule has 6 nitrogen and oxygen atoms in total. The van der Waals surface area contributed by atoms with Gasteiger partial charge in [-0.2, -0.15) is 0 Å². The van der Waals surface area contributed by atoms with Crippen LogP contribution in [0.3, 0.4) is 0 Å². The third kappa shape index (κ3) is 3.26. The lowest BCUT2D eigenvalue weighted by atomic mass is 9.97. The van der Waals surface area contributed by atoms with Crippen LogP contribution in [0.4, 0.5) is 5.69 Å². The molecular formula is C19H18N2O4S. The van der Waals surface area contributed by atoms with Gasteiger partial charge in [0.05, 0.1) is 20.8 Å². The van der Waals surface area contributed by atoms with Crippen molar-refractivity contribution in [3.63, 3.8) is 0 Å². The van der Waals surface area contributed by atoms with E-state index < -0.39 is 0 Å². The first-order valence-corrected chi connectivity index (χ1v) is 8.66. The summed E-state index contributed by atoms with van der Waals surface area (Å²) in [6.07, 6.45) is 1.71. The highest BCUT2D eigenvalue weighted by molar-refractivity contribution is 7.13. The van der Waals surface area contributed by atoms with Gasteiger partial charge in [0.25, 0.3) is 0 Å². The molecule has 0 aliphatic rings. The van der Waals surface area contributed by atoms with E-state index in [9.17, 15) is 9.90 Å². The summed E-state index contributed by atoms with van der Waals surface area (Å²) in [6.45, 7) is -0.282. The van der Waals surface area contributed by atoms with Crippen LogP contribution in [0.2, 0.25) is 0 Å². The zero-order valence-electron chi connectivity index (χ0n) is 14.4. The third-order valence-corrected chi connectivity index (χ3v) is 4.79. The normalized spacial score (nSPS) is 10.6. The molecular weight excluding hydrogens is 352 g/mol. The smallest absolute Gasteiger partial charge is 0.195 e. The summed E-state index contributed by atoms with van der Waals surface area (Å²) in [6, 6.07) is 8.41. The first kappa shape index (κ1) is 17.9. The first-order valence-electron chi connectivity index (χ1n) is 7.79. The SMILES string of the molecule is COc1cc(C(=O)c2cc(-c3nccs3)ccc2N)cc(CO)c1OC. The van der Waals surface area contributed by atoms with Gasteiger partial charge in [0, 0.05) is 39.5 Å².